The Kier molecular flexibility index (Phi) is 4.99. The zero-order valence-electron chi connectivity index (χ0n) is 10.8. The molecule has 1 aliphatic heterocycles. The van der Waals surface area contributed by atoms with Crippen LogP contribution in [-0.4, -0.2) is 37.1 Å². The normalized spacial score (nSPS) is 15.6. The molecular weight excluding hydrogens is 278 g/mol. The Morgan fingerprint density at radius 2 is 2.10 bits per heavy atom. The number of nitrogens with zero attached hydrogens (tertiary/aromatic N) is 2. The Bertz CT molecular complexity index is 560. The highest BCUT2D eigenvalue weighted by molar-refractivity contribution is 6.33. The maximum Gasteiger partial charge on any atom is 0.267 e. The van der Waals surface area contributed by atoms with Crippen LogP contribution in [0.5, 0.6) is 0 Å². The van der Waals surface area contributed by atoms with E-state index < -0.39 is 5.91 Å². The van der Waals surface area contributed by atoms with Gasteiger partial charge in [-0.3, -0.25) is 4.79 Å². The maximum atomic E-state index is 12.1. The van der Waals surface area contributed by atoms with Crippen LogP contribution in [0.4, 0.5) is 5.69 Å². The molecule has 1 fully saturated rings. The number of morpholine rings is 1. The summed E-state index contributed by atoms with van der Waals surface area (Å²) in [6, 6.07) is 8.81. The summed E-state index contributed by atoms with van der Waals surface area (Å²) < 4.78 is 5.21. The first kappa shape index (κ1) is 14.4. The largest absolute Gasteiger partial charge is 0.378 e. The highest BCUT2D eigenvalue weighted by Crippen LogP contribution is 2.21. The smallest absolute Gasteiger partial charge is 0.267 e. The van der Waals surface area contributed by atoms with Crippen LogP contribution in [0.25, 0.3) is 0 Å². The van der Waals surface area contributed by atoms with Crippen LogP contribution in [0, 0.1) is 11.3 Å². The van der Waals surface area contributed by atoms with E-state index in [0.717, 1.165) is 0 Å². The first-order chi connectivity index (χ1) is 9.70. The van der Waals surface area contributed by atoms with E-state index in [1.807, 2.05) is 11.0 Å². The lowest BCUT2D eigenvalue weighted by atomic mass is 10.2. The number of hydrogen-bond acceptors (Lipinski definition) is 4. The Balaban J connectivity index is 2.08. The second-order valence-corrected chi connectivity index (χ2v) is 4.64. The first-order valence-electron chi connectivity index (χ1n) is 6.20. The average molecular weight is 292 g/mol. The Morgan fingerprint density at radius 1 is 1.40 bits per heavy atom. The second kappa shape index (κ2) is 6.94. The molecule has 1 aromatic carbocycles. The third-order valence-corrected chi connectivity index (χ3v) is 3.17. The van der Waals surface area contributed by atoms with Crippen molar-refractivity contribution >= 4 is 23.2 Å². The SMILES string of the molecule is N#C/C(=C/N1CCOCC1)C(=O)Nc1ccccc1Cl. The zero-order valence-corrected chi connectivity index (χ0v) is 11.6. The number of carbonyl (C=O) groups excluding carboxylic acids is 1. The summed E-state index contributed by atoms with van der Waals surface area (Å²) in [5.74, 6) is -0.466. The van der Waals surface area contributed by atoms with Crippen LogP contribution in [0.3, 0.4) is 0 Å². The third-order valence-electron chi connectivity index (χ3n) is 2.84. The summed E-state index contributed by atoms with van der Waals surface area (Å²) in [7, 11) is 0. The summed E-state index contributed by atoms with van der Waals surface area (Å²) in [6.45, 7) is 2.54. The van der Waals surface area contributed by atoms with Crippen LogP contribution in [0.15, 0.2) is 36.0 Å². The molecule has 0 spiro atoms. The van der Waals surface area contributed by atoms with Gasteiger partial charge in [0.1, 0.15) is 11.6 Å². The molecule has 0 saturated carbocycles. The fourth-order valence-corrected chi connectivity index (χ4v) is 1.96. The van der Waals surface area contributed by atoms with Crippen LogP contribution in [0.2, 0.25) is 5.02 Å². The standard InChI is InChI=1S/C14H14ClN3O2/c15-12-3-1-2-4-13(12)17-14(19)11(9-16)10-18-5-7-20-8-6-18/h1-4,10H,5-8H2,(H,17,19)/b11-10-. The Labute approximate surface area is 122 Å². The van der Waals surface area contributed by atoms with Crippen molar-refractivity contribution in [3.05, 3.63) is 41.1 Å². The van der Waals surface area contributed by atoms with Crippen molar-refractivity contribution in [2.45, 2.75) is 0 Å². The van der Waals surface area contributed by atoms with Crippen molar-refractivity contribution in [3.63, 3.8) is 0 Å². The Morgan fingerprint density at radius 3 is 2.75 bits per heavy atom. The van der Waals surface area contributed by atoms with Crippen molar-refractivity contribution in [2.24, 2.45) is 0 Å². The molecule has 1 aromatic rings. The number of benzene rings is 1. The molecule has 0 unspecified atom stereocenters. The van der Waals surface area contributed by atoms with E-state index in [-0.39, 0.29) is 5.57 Å². The van der Waals surface area contributed by atoms with Gasteiger partial charge < -0.3 is 15.0 Å². The second-order valence-electron chi connectivity index (χ2n) is 4.24. The number of halogens is 1. The quantitative estimate of drug-likeness (QED) is 0.683. The number of carbonyl (C=O) groups is 1. The van der Waals surface area contributed by atoms with Gasteiger partial charge in [-0.1, -0.05) is 23.7 Å². The molecule has 0 radical (unpaired) electrons. The van der Waals surface area contributed by atoms with Gasteiger partial charge in [-0.2, -0.15) is 5.26 Å². The van der Waals surface area contributed by atoms with Crippen LogP contribution in [0.1, 0.15) is 0 Å². The van der Waals surface area contributed by atoms with Gasteiger partial charge in [0, 0.05) is 19.3 Å². The number of anilines is 1. The molecule has 0 aliphatic carbocycles. The monoisotopic (exact) mass is 291 g/mol. The molecule has 0 atom stereocenters. The van der Waals surface area contributed by atoms with Gasteiger partial charge in [0.2, 0.25) is 0 Å². The molecule has 1 aliphatic rings. The lowest BCUT2D eigenvalue weighted by molar-refractivity contribution is -0.112. The fourth-order valence-electron chi connectivity index (χ4n) is 1.78. The van der Waals surface area contributed by atoms with Crippen molar-refractivity contribution in [3.8, 4) is 6.07 Å². The molecule has 5 nitrogen and oxygen atoms in total. The van der Waals surface area contributed by atoms with Gasteiger partial charge in [-0.05, 0) is 12.1 Å². The third kappa shape index (κ3) is 3.73. The van der Waals surface area contributed by atoms with Gasteiger partial charge in [0.15, 0.2) is 0 Å². The minimum absolute atomic E-state index is 0.0480. The van der Waals surface area contributed by atoms with Gasteiger partial charge >= 0.3 is 0 Å². The van der Waals surface area contributed by atoms with Gasteiger partial charge in [0.05, 0.1) is 23.9 Å². The molecule has 104 valence electrons. The maximum absolute atomic E-state index is 12.1. The van der Waals surface area contributed by atoms with E-state index in [0.29, 0.717) is 37.0 Å². The summed E-state index contributed by atoms with van der Waals surface area (Å²) in [5.41, 5.74) is 0.536. The summed E-state index contributed by atoms with van der Waals surface area (Å²) >= 11 is 5.96. The van der Waals surface area contributed by atoms with Crippen LogP contribution in [-0.2, 0) is 9.53 Å². The number of hydrogen-bond donors (Lipinski definition) is 1. The molecular formula is C14H14ClN3O2. The van der Waals surface area contributed by atoms with E-state index >= 15 is 0 Å². The Hall–Kier alpha value is -2.03. The molecule has 0 bridgehead atoms. The summed E-state index contributed by atoms with van der Waals surface area (Å²) in [6.07, 6.45) is 1.56. The molecule has 1 amide bonds. The van der Waals surface area contributed by atoms with Crippen molar-refractivity contribution in [1.29, 1.82) is 5.26 Å². The summed E-state index contributed by atoms with van der Waals surface area (Å²) in [5, 5.41) is 12.2. The number of amides is 1. The number of nitriles is 1. The van der Waals surface area contributed by atoms with Gasteiger partial charge in [-0.15, -0.1) is 0 Å². The predicted octanol–water partition coefficient (Wildman–Crippen LogP) is 2.02. The van der Waals surface area contributed by atoms with E-state index in [4.69, 9.17) is 21.6 Å². The molecule has 0 aromatic heterocycles. The topological polar surface area (TPSA) is 65.4 Å². The van der Waals surface area contributed by atoms with Crippen LogP contribution < -0.4 is 5.32 Å². The van der Waals surface area contributed by atoms with E-state index in [9.17, 15) is 4.79 Å². The van der Waals surface area contributed by atoms with E-state index in [1.54, 1.807) is 30.5 Å². The minimum Gasteiger partial charge on any atom is -0.378 e. The van der Waals surface area contributed by atoms with Crippen molar-refractivity contribution < 1.29 is 9.53 Å². The van der Waals surface area contributed by atoms with Crippen molar-refractivity contribution in [2.75, 3.05) is 31.6 Å². The van der Waals surface area contributed by atoms with Crippen LogP contribution >= 0.6 is 11.6 Å². The highest BCUT2D eigenvalue weighted by Gasteiger charge is 2.14. The van der Waals surface area contributed by atoms with E-state index in [1.165, 1.54) is 0 Å². The number of nitrogens with one attached hydrogen (secondary N) is 1. The predicted molar refractivity (Wildman–Crippen MR) is 76.2 cm³/mol. The van der Waals surface area contributed by atoms with Crippen molar-refractivity contribution in [1.82, 2.24) is 4.90 Å². The molecule has 6 heteroatoms. The average Bonchev–Trinajstić information content (AvgIpc) is 2.48. The molecule has 1 N–H and O–H groups in total. The lowest BCUT2D eigenvalue weighted by Crippen LogP contribution is -2.33. The molecule has 20 heavy (non-hydrogen) atoms. The fraction of sp³-hybridized carbons (Fsp3) is 0.286. The molecule has 1 heterocycles. The van der Waals surface area contributed by atoms with Gasteiger partial charge in [-0.25, -0.2) is 0 Å². The van der Waals surface area contributed by atoms with E-state index in [2.05, 4.69) is 5.32 Å². The summed E-state index contributed by atoms with van der Waals surface area (Å²) in [4.78, 5) is 13.9. The minimum atomic E-state index is -0.466. The number of rotatable bonds is 3. The molecule has 2 rings (SSSR count). The number of ether oxygens (including phenoxy) is 1. The number of para-hydroxylation sites is 1. The zero-order chi connectivity index (χ0) is 14.4. The molecule has 1 saturated heterocycles. The van der Waals surface area contributed by atoms with Gasteiger partial charge in [0.25, 0.3) is 5.91 Å². The lowest BCUT2D eigenvalue weighted by Gasteiger charge is -2.25. The highest BCUT2D eigenvalue weighted by atomic mass is 35.5. The first-order valence-corrected chi connectivity index (χ1v) is 6.58.